The van der Waals surface area contributed by atoms with Crippen LogP contribution in [0.25, 0.3) is 0 Å². The molecule has 84 valence electrons. The normalized spacial score (nSPS) is 24.3. The molecule has 0 bridgehead atoms. The summed E-state index contributed by atoms with van der Waals surface area (Å²) in [5.74, 6) is 0.530. The molecule has 0 saturated carbocycles. The molecular weight excluding hydrogens is 184 g/mol. The molecular formula is C14H22O. The second-order valence-corrected chi connectivity index (χ2v) is 4.84. The minimum atomic E-state index is 0.246. The molecule has 1 atom stereocenters. The molecule has 0 aromatic rings. The Labute approximate surface area is 93.5 Å². The number of allylic oxidation sites excluding steroid dienone is 3. The number of hydrogen-bond donors (Lipinski definition) is 0. The Hall–Kier alpha value is -0.980. The first kappa shape index (κ1) is 12.1. The predicted octanol–water partition coefficient (Wildman–Crippen LogP) is 4.09. The van der Waals surface area contributed by atoms with E-state index in [1.165, 1.54) is 11.1 Å². The Balaban J connectivity index is 2.56. The molecule has 15 heavy (non-hydrogen) atoms. The maximum Gasteiger partial charge on any atom is 0.108 e. The second-order valence-electron chi connectivity index (χ2n) is 4.84. The van der Waals surface area contributed by atoms with Crippen LogP contribution in [0.5, 0.6) is 0 Å². The minimum Gasteiger partial charge on any atom is -0.497 e. The van der Waals surface area contributed by atoms with Crippen molar-refractivity contribution in [3.8, 4) is 0 Å². The SMILES string of the molecule is C=C(CO/C=C\C)[C@H]1CC=C(C)C1(C)C. The highest BCUT2D eigenvalue weighted by Crippen LogP contribution is 2.46. The third-order valence-electron chi connectivity index (χ3n) is 3.54. The van der Waals surface area contributed by atoms with Gasteiger partial charge in [-0.2, -0.15) is 0 Å². The van der Waals surface area contributed by atoms with Gasteiger partial charge in [-0.1, -0.05) is 38.2 Å². The van der Waals surface area contributed by atoms with E-state index in [0.29, 0.717) is 12.5 Å². The summed E-state index contributed by atoms with van der Waals surface area (Å²) in [6, 6.07) is 0. The Morgan fingerprint density at radius 1 is 1.67 bits per heavy atom. The lowest BCUT2D eigenvalue weighted by Gasteiger charge is -2.31. The number of rotatable bonds is 4. The molecule has 1 aliphatic rings. The zero-order chi connectivity index (χ0) is 11.5. The van der Waals surface area contributed by atoms with Gasteiger partial charge in [0.05, 0.1) is 6.26 Å². The fraction of sp³-hybridized carbons (Fsp3) is 0.571. The first-order chi connectivity index (χ1) is 7.00. The zero-order valence-corrected chi connectivity index (χ0v) is 10.3. The molecule has 0 fully saturated rings. The minimum absolute atomic E-state index is 0.246. The molecule has 0 aromatic carbocycles. The van der Waals surface area contributed by atoms with Crippen LogP contribution in [0, 0.1) is 11.3 Å². The van der Waals surface area contributed by atoms with Gasteiger partial charge in [0, 0.05) is 0 Å². The van der Waals surface area contributed by atoms with Gasteiger partial charge in [0.15, 0.2) is 0 Å². The number of hydrogen-bond acceptors (Lipinski definition) is 1. The van der Waals surface area contributed by atoms with E-state index in [9.17, 15) is 0 Å². The summed E-state index contributed by atoms with van der Waals surface area (Å²) in [5.41, 5.74) is 2.92. The van der Waals surface area contributed by atoms with Crippen LogP contribution in [0.4, 0.5) is 0 Å². The van der Waals surface area contributed by atoms with Gasteiger partial charge < -0.3 is 4.74 Å². The van der Waals surface area contributed by atoms with Crippen LogP contribution in [0.15, 0.2) is 36.1 Å². The second kappa shape index (κ2) is 4.69. The van der Waals surface area contributed by atoms with Gasteiger partial charge in [-0.05, 0) is 37.2 Å². The van der Waals surface area contributed by atoms with Crippen LogP contribution in [-0.4, -0.2) is 6.61 Å². The lowest BCUT2D eigenvalue weighted by molar-refractivity contribution is 0.241. The third kappa shape index (κ3) is 2.53. The molecule has 0 heterocycles. The van der Waals surface area contributed by atoms with Crippen molar-refractivity contribution in [2.45, 2.75) is 34.1 Å². The van der Waals surface area contributed by atoms with E-state index in [0.717, 1.165) is 6.42 Å². The monoisotopic (exact) mass is 206 g/mol. The third-order valence-corrected chi connectivity index (χ3v) is 3.54. The summed E-state index contributed by atoms with van der Waals surface area (Å²) in [6.07, 6.45) is 7.06. The molecule has 0 radical (unpaired) electrons. The zero-order valence-electron chi connectivity index (χ0n) is 10.3. The average molecular weight is 206 g/mol. The maximum atomic E-state index is 5.38. The summed E-state index contributed by atoms with van der Waals surface area (Å²) in [4.78, 5) is 0. The highest BCUT2D eigenvalue weighted by atomic mass is 16.5. The van der Waals surface area contributed by atoms with Crippen LogP contribution < -0.4 is 0 Å². The van der Waals surface area contributed by atoms with Crippen LogP contribution in [0.1, 0.15) is 34.1 Å². The maximum absolute atomic E-state index is 5.38. The molecule has 0 aliphatic heterocycles. The van der Waals surface area contributed by atoms with Crippen molar-refractivity contribution in [1.29, 1.82) is 0 Å². The van der Waals surface area contributed by atoms with Gasteiger partial charge >= 0.3 is 0 Å². The van der Waals surface area contributed by atoms with E-state index in [-0.39, 0.29) is 5.41 Å². The van der Waals surface area contributed by atoms with Crippen molar-refractivity contribution in [2.75, 3.05) is 6.61 Å². The summed E-state index contributed by atoms with van der Waals surface area (Å²) in [5, 5.41) is 0. The van der Waals surface area contributed by atoms with E-state index in [1.807, 2.05) is 13.0 Å². The number of ether oxygens (including phenoxy) is 1. The quantitative estimate of drug-likeness (QED) is 0.497. The molecule has 0 aromatic heterocycles. The van der Waals surface area contributed by atoms with Gasteiger partial charge in [-0.15, -0.1) is 0 Å². The summed E-state index contributed by atoms with van der Waals surface area (Å²) < 4.78 is 5.38. The van der Waals surface area contributed by atoms with Gasteiger partial charge in [0.25, 0.3) is 0 Å². The van der Waals surface area contributed by atoms with Crippen molar-refractivity contribution in [2.24, 2.45) is 11.3 Å². The lowest BCUT2D eigenvalue weighted by Crippen LogP contribution is -2.23. The average Bonchev–Trinajstić information content (AvgIpc) is 2.42. The molecule has 0 saturated heterocycles. The highest BCUT2D eigenvalue weighted by Gasteiger charge is 2.36. The Morgan fingerprint density at radius 2 is 2.33 bits per heavy atom. The molecule has 1 aliphatic carbocycles. The fourth-order valence-electron chi connectivity index (χ4n) is 2.16. The van der Waals surface area contributed by atoms with E-state index in [2.05, 4.69) is 33.4 Å². The molecule has 1 heteroatoms. The van der Waals surface area contributed by atoms with Crippen LogP contribution in [0.2, 0.25) is 0 Å². The Morgan fingerprint density at radius 3 is 2.80 bits per heavy atom. The smallest absolute Gasteiger partial charge is 0.108 e. The highest BCUT2D eigenvalue weighted by molar-refractivity contribution is 5.25. The fourth-order valence-corrected chi connectivity index (χ4v) is 2.16. The predicted molar refractivity (Wildman–Crippen MR) is 65.6 cm³/mol. The summed E-state index contributed by atoms with van der Waals surface area (Å²) >= 11 is 0. The van der Waals surface area contributed by atoms with E-state index >= 15 is 0 Å². The van der Waals surface area contributed by atoms with Crippen molar-refractivity contribution >= 4 is 0 Å². The van der Waals surface area contributed by atoms with Crippen molar-refractivity contribution in [1.82, 2.24) is 0 Å². The van der Waals surface area contributed by atoms with Crippen molar-refractivity contribution < 1.29 is 4.74 Å². The molecule has 1 nitrogen and oxygen atoms in total. The molecule has 0 spiro atoms. The van der Waals surface area contributed by atoms with Gasteiger partial charge in [-0.3, -0.25) is 0 Å². The van der Waals surface area contributed by atoms with Gasteiger partial charge in [0.2, 0.25) is 0 Å². The Bertz CT molecular complexity index is 294. The molecule has 0 N–H and O–H groups in total. The lowest BCUT2D eigenvalue weighted by atomic mass is 9.74. The summed E-state index contributed by atoms with van der Waals surface area (Å²) in [6.45, 7) is 13.5. The van der Waals surface area contributed by atoms with Crippen LogP contribution >= 0.6 is 0 Å². The van der Waals surface area contributed by atoms with Crippen LogP contribution in [0.3, 0.4) is 0 Å². The first-order valence-electron chi connectivity index (χ1n) is 5.57. The van der Waals surface area contributed by atoms with E-state index in [4.69, 9.17) is 4.74 Å². The van der Waals surface area contributed by atoms with E-state index in [1.54, 1.807) is 6.26 Å². The summed E-state index contributed by atoms with van der Waals surface area (Å²) in [7, 11) is 0. The molecule has 0 amide bonds. The topological polar surface area (TPSA) is 9.23 Å². The molecule has 0 unspecified atom stereocenters. The van der Waals surface area contributed by atoms with Crippen molar-refractivity contribution in [3.63, 3.8) is 0 Å². The van der Waals surface area contributed by atoms with E-state index < -0.39 is 0 Å². The standard InChI is InChI=1S/C14H22O/c1-6-9-15-10-11(2)13-8-7-12(3)14(13,4)5/h6-7,9,13H,2,8,10H2,1,3-5H3/b9-6-/t13-/m1/s1. The molecule has 1 rings (SSSR count). The van der Waals surface area contributed by atoms with Gasteiger partial charge in [-0.25, -0.2) is 0 Å². The van der Waals surface area contributed by atoms with Gasteiger partial charge in [0.1, 0.15) is 6.61 Å². The first-order valence-corrected chi connectivity index (χ1v) is 5.57. The largest absolute Gasteiger partial charge is 0.497 e. The van der Waals surface area contributed by atoms with Crippen molar-refractivity contribution in [3.05, 3.63) is 36.1 Å². The van der Waals surface area contributed by atoms with Crippen LogP contribution in [-0.2, 0) is 4.74 Å². The Kier molecular flexibility index (Phi) is 3.78.